The summed E-state index contributed by atoms with van der Waals surface area (Å²) in [4.78, 5) is 18.5. The molecular weight excluding hydrogens is 362 g/mol. The zero-order chi connectivity index (χ0) is 19.4. The van der Waals surface area contributed by atoms with E-state index in [4.69, 9.17) is 4.74 Å². The molecule has 3 rings (SSSR count). The lowest BCUT2D eigenvalue weighted by Crippen LogP contribution is -2.33. The molecule has 1 aromatic carbocycles. The van der Waals surface area contributed by atoms with Crippen molar-refractivity contribution < 1.29 is 22.7 Å². The van der Waals surface area contributed by atoms with Crippen LogP contribution in [0.2, 0.25) is 0 Å². The van der Waals surface area contributed by atoms with Crippen molar-refractivity contribution in [3.05, 3.63) is 42.0 Å². The number of benzene rings is 1. The molecule has 0 saturated carbocycles. The Hall–Kier alpha value is -2.66. The lowest BCUT2D eigenvalue weighted by molar-refractivity contribution is -0.144. The number of amides is 2. The number of hydrogen-bond donors (Lipinski definition) is 3. The third kappa shape index (κ3) is 4.95. The molecule has 0 radical (unpaired) electrons. The minimum atomic E-state index is -4.63. The van der Waals surface area contributed by atoms with Crippen LogP contribution in [-0.2, 0) is 10.9 Å². The third-order valence-corrected chi connectivity index (χ3v) is 3.96. The number of nitrogens with zero attached hydrogens (tertiary/aromatic N) is 2. The van der Waals surface area contributed by atoms with E-state index < -0.39 is 18.0 Å². The maximum atomic E-state index is 12.4. The molecule has 1 aliphatic rings. The minimum absolute atomic E-state index is 0.0374. The van der Waals surface area contributed by atoms with E-state index in [-0.39, 0.29) is 11.8 Å². The van der Waals surface area contributed by atoms with Crippen LogP contribution >= 0.6 is 0 Å². The molecule has 1 fully saturated rings. The fourth-order valence-electron chi connectivity index (χ4n) is 2.63. The number of halogens is 3. The van der Waals surface area contributed by atoms with Gasteiger partial charge in [0.15, 0.2) is 0 Å². The summed E-state index contributed by atoms with van der Waals surface area (Å²) in [6, 6.07) is 4.94. The second-order valence-corrected chi connectivity index (χ2v) is 6.01. The number of urea groups is 1. The Morgan fingerprint density at radius 1 is 1.26 bits per heavy atom. The average Bonchev–Trinajstić information content (AvgIpc) is 2.64. The van der Waals surface area contributed by atoms with Gasteiger partial charge in [0.1, 0.15) is 7.85 Å². The van der Waals surface area contributed by atoms with Gasteiger partial charge in [-0.15, -0.1) is 0 Å². The maximum Gasteiger partial charge on any atom is 0.451 e. The maximum absolute atomic E-state index is 12.4. The van der Waals surface area contributed by atoms with Crippen molar-refractivity contribution in [1.29, 1.82) is 0 Å². The summed E-state index contributed by atoms with van der Waals surface area (Å²) in [7, 11) is 1.84. The monoisotopic (exact) mass is 379 g/mol. The molecule has 0 spiro atoms. The Bertz CT molecular complexity index is 811. The SMILES string of the molecule is Bc1cc([C@H]2CNCCO2)ccc1NC(=O)Nc1cnc(C(F)(F)F)nc1. The molecule has 0 aliphatic carbocycles. The van der Waals surface area contributed by atoms with Crippen molar-refractivity contribution in [3.63, 3.8) is 0 Å². The van der Waals surface area contributed by atoms with E-state index in [9.17, 15) is 18.0 Å². The number of anilines is 2. The highest BCUT2D eigenvalue weighted by atomic mass is 19.4. The first-order chi connectivity index (χ1) is 12.8. The van der Waals surface area contributed by atoms with Gasteiger partial charge in [-0.2, -0.15) is 13.2 Å². The van der Waals surface area contributed by atoms with E-state index in [1.54, 1.807) is 6.07 Å². The fraction of sp³-hybridized carbons (Fsp3) is 0.312. The topological polar surface area (TPSA) is 88.2 Å². The van der Waals surface area contributed by atoms with E-state index in [0.717, 1.165) is 36.5 Å². The molecule has 1 saturated heterocycles. The number of hydrogen-bond acceptors (Lipinski definition) is 5. The Morgan fingerprint density at radius 2 is 2.00 bits per heavy atom. The lowest BCUT2D eigenvalue weighted by Gasteiger charge is -2.24. The van der Waals surface area contributed by atoms with Gasteiger partial charge < -0.3 is 20.7 Å². The normalized spacial score (nSPS) is 17.4. The first kappa shape index (κ1) is 19.1. The van der Waals surface area contributed by atoms with E-state index in [1.807, 2.05) is 20.0 Å². The molecule has 2 aromatic rings. The number of alkyl halides is 3. The second-order valence-electron chi connectivity index (χ2n) is 6.01. The number of carbonyl (C=O) groups excluding carboxylic acids is 1. The van der Waals surface area contributed by atoms with Crippen molar-refractivity contribution in [3.8, 4) is 0 Å². The van der Waals surface area contributed by atoms with Gasteiger partial charge in [0.05, 0.1) is 30.8 Å². The van der Waals surface area contributed by atoms with Crippen LogP contribution in [0.4, 0.5) is 29.3 Å². The highest BCUT2D eigenvalue weighted by molar-refractivity contribution is 6.36. The van der Waals surface area contributed by atoms with Crippen LogP contribution in [0.3, 0.4) is 0 Å². The van der Waals surface area contributed by atoms with Gasteiger partial charge in [0.2, 0.25) is 5.82 Å². The smallest absolute Gasteiger partial charge is 0.371 e. The lowest BCUT2D eigenvalue weighted by atomic mass is 9.90. The minimum Gasteiger partial charge on any atom is -0.371 e. The molecule has 2 heterocycles. The van der Waals surface area contributed by atoms with Crippen LogP contribution in [0.1, 0.15) is 17.5 Å². The Balaban J connectivity index is 1.62. The highest BCUT2D eigenvalue weighted by Gasteiger charge is 2.34. The molecule has 1 aliphatic heterocycles. The molecule has 0 bridgehead atoms. The molecule has 1 aromatic heterocycles. The summed E-state index contributed by atoms with van der Waals surface area (Å²) in [6.07, 6.45) is -2.86. The summed E-state index contributed by atoms with van der Waals surface area (Å²) in [5.74, 6) is -1.26. The van der Waals surface area contributed by atoms with Crippen molar-refractivity contribution in [2.45, 2.75) is 12.3 Å². The summed E-state index contributed by atoms with van der Waals surface area (Å²) < 4.78 is 43.0. The molecule has 0 unspecified atom stereocenters. The Morgan fingerprint density at radius 3 is 2.59 bits per heavy atom. The molecule has 2 amide bonds. The van der Waals surface area contributed by atoms with Crippen LogP contribution in [0, 0.1) is 0 Å². The quantitative estimate of drug-likeness (QED) is 0.695. The molecule has 7 nitrogen and oxygen atoms in total. The molecule has 27 heavy (non-hydrogen) atoms. The van der Waals surface area contributed by atoms with E-state index in [2.05, 4.69) is 25.9 Å². The standard InChI is InChI=1S/C16H17BF3N5O2/c17-11-5-9(13-8-21-3-4-27-13)1-2-12(11)25-15(26)24-10-6-22-14(23-7-10)16(18,19)20/h1-2,5-7,13,21H,3-4,8,17H2,(H2,24,25,26)/t13-/m1/s1. The fourth-order valence-corrected chi connectivity index (χ4v) is 2.63. The van der Waals surface area contributed by atoms with Gasteiger partial charge in [0, 0.05) is 18.8 Å². The Labute approximate surface area is 154 Å². The molecular formula is C16H17BF3N5O2. The molecule has 11 heteroatoms. The number of rotatable bonds is 3. The van der Waals surface area contributed by atoms with Crippen molar-refractivity contribution in [2.75, 3.05) is 30.3 Å². The van der Waals surface area contributed by atoms with Crippen LogP contribution in [-0.4, -0.2) is 43.5 Å². The average molecular weight is 379 g/mol. The van der Waals surface area contributed by atoms with Crippen LogP contribution < -0.4 is 21.4 Å². The number of aromatic nitrogens is 2. The molecule has 1 atom stereocenters. The van der Waals surface area contributed by atoms with E-state index in [0.29, 0.717) is 12.3 Å². The van der Waals surface area contributed by atoms with Crippen molar-refractivity contribution in [1.82, 2.24) is 15.3 Å². The van der Waals surface area contributed by atoms with Crippen LogP contribution in [0.15, 0.2) is 30.6 Å². The number of morpholine rings is 1. The summed E-state index contributed by atoms with van der Waals surface area (Å²) in [6.45, 7) is 2.19. The number of nitrogens with one attached hydrogen (secondary N) is 3. The zero-order valence-corrected chi connectivity index (χ0v) is 14.4. The van der Waals surface area contributed by atoms with Gasteiger partial charge >= 0.3 is 12.2 Å². The van der Waals surface area contributed by atoms with Crippen LogP contribution in [0.25, 0.3) is 0 Å². The highest BCUT2D eigenvalue weighted by Crippen LogP contribution is 2.25. The van der Waals surface area contributed by atoms with Gasteiger partial charge in [-0.3, -0.25) is 0 Å². The summed E-state index contributed by atoms with van der Waals surface area (Å²) in [5, 5.41) is 8.30. The Kier molecular flexibility index (Phi) is 5.61. The molecule has 3 N–H and O–H groups in total. The van der Waals surface area contributed by atoms with Gasteiger partial charge in [-0.05, 0) is 11.6 Å². The zero-order valence-electron chi connectivity index (χ0n) is 14.4. The molecule has 142 valence electrons. The number of carbonyl (C=O) groups is 1. The van der Waals surface area contributed by atoms with Crippen molar-refractivity contribution >= 4 is 30.7 Å². The van der Waals surface area contributed by atoms with Gasteiger partial charge in [0.25, 0.3) is 0 Å². The van der Waals surface area contributed by atoms with E-state index in [1.165, 1.54) is 0 Å². The summed E-state index contributed by atoms with van der Waals surface area (Å²) >= 11 is 0. The first-order valence-corrected chi connectivity index (χ1v) is 8.23. The summed E-state index contributed by atoms with van der Waals surface area (Å²) in [5.41, 5.74) is 2.46. The van der Waals surface area contributed by atoms with Crippen molar-refractivity contribution in [2.24, 2.45) is 0 Å². The predicted octanol–water partition coefficient (Wildman–Crippen LogP) is 1.06. The largest absolute Gasteiger partial charge is 0.451 e. The number of ether oxygens (including phenoxy) is 1. The van der Waals surface area contributed by atoms with Gasteiger partial charge in [-0.25, -0.2) is 14.8 Å². The second kappa shape index (κ2) is 7.93. The third-order valence-electron chi connectivity index (χ3n) is 3.96. The van der Waals surface area contributed by atoms with Crippen LogP contribution in [0.5, 0.6) is 0 Å². The first-order valence-electron chi connectivity index (χ1n) is 8.23. The predicted molar refractivity (Wildman–Crippen MR) is 95.9 cm³/mol. The van der Waals surface area contributed by atoms with E-state index >= 15 is 0 Å². The van der Waals surface area contributed by atoms with Gasteiger partial charge in [-0.1, -0.05) is 17.6 Å².